The van der Waals surface area contributed by atoms with Crippen LogP contribution < -0.4 is 0 Å². The van der Waals surface area contributed by atoms with Crippen LogP contribution in [0.2, 0.25) is 0 Å². The summed E-state index contributed by atoms with van der Waals surface area (Å²) in [6, 6.07) is 0. The second-order valence-electron chi connectivity index (χ2n) is 3.39. The summed E-state index contributed by atoms with van der Waals surface area (Å²) in [5.74, 6) is 0.413. The van der Waals surface area contributed by atoms with Gasteiger partial charge in [-0.1, -0.05) is 25.8 Å². The Kier molecular flexibility index (Phi) is 7.13. The molecule has 0 N–H and O–H groups in total. The number of hydrogen-bond acceptors (Lipinski definition) is 3. The largest absolute Gasteiger partial charge is 0.383 e. The van der Waals surface area contributed by atoms with E-state index >= 15 is 0 Å². The zero-order chi connectivity index (χ0) is 11.7. The molecule has 4 heteroatoms. The lowest BCUT2D eigenvalue weighted by Crippen LogP contribution is -2.01. The topological polar surface area (TPSA) is 43.4 Å². The highest BCUT2D eigenvalue weighted by atomic mass is 32.2. The Balaban J connectivity index is 4.26. The minimum atomic E-state index is -3.41. The quantitative estimate of drug-likeness (QED) is 0.293. The second kappa shape index (κ2) is 7.51. The smallest absolute Gasteiger partial charge is 0.306 e. The first kappa shape index (κ1) is 14.2. The van der Waals surface area contributed by atoms with Crippen LogP contribution in [0.4, 0.5) is 0 Å². The number of rotatable bonds is 7. The summed E-state index contributed by atoms with van der Waals surface area (Å²) in [6.07, 6.45) is 10.5. The maximum absolute atomic E-state index is 10.9. The summed E-state index contributed by atoms with van der Waals surface area (Å²) in [4.78, 5) is 0. The Morgan fingerprint density at radius 3 is 2.47 bits per heavy atom. The molecule has 0 aliphatic heterocycles. The van der Waals surface area contributed by atoms with Crippen molar-refractivity contribution >= 4 is 10.1 Å². The van der Waals surface area contributed by atoms with Gasteiger partial charge in [-0.05, 0) is 31.9 Å². The van der Waals surface area contributed by atoms with Crippen LogP contribution in [0.1, 0.15) is 39.5 Å². The molecule has 0 aliphatic carbocycles. The first-order valence-electron chi connectivity index (χ1n) is 5.22. The molecule has 0 rings (SSSR count). The van der Waals surface area contributed by atoms with Gasteiger partial charge in [0.25, 0.3) is 0 Å². The van der Waals surface area contributed by atoms with E-state index in [1.807, 2.05) is 13.0 Å². The molecule has 0 radical (unpaired) electrons. The third-order valence-corrected chi connectivity index (χ3v) is 2.23. The fourth-order valence-electron chi connectivity index (χ4n) is 1.11. The molecule has 0 aromatic carbocycles. The summed E-state index contributed by atoms with van der Waals surface area (Å²) in [6.45, 7) is 3.95. The van der Waals surface area contributed by atoms with E-state index in [1.54, 1.807) is 12.2 Å². The van der Waals surface area contributed by atoms with Crippen LogP contribution in [0.5, 0.6) is 0 Å². The minimum Gasteiger partial charge on any atom is -0.383 e. The van der Waals surface area contributed by atoms with Crippen molar-refractivity contribution in [3.8, 4) is 0 Å². The monoisotopic (exact) mass is 232 g/mol. The Morgan fingerprint density at radius 2 is 2.00 bits per heavy atom. The van der Waals surface area contributed by atoms with Gasteiger partial charge in [0.05, 0.1) is 6.26 Å². The molecule has 0 atom stereocenters. The molecule has 0 unspecified atom stereocenters. The van der Waals surface area contributed by atoms with Gasteiger partial charge in [-0.25, -0.2) is 0 Å². The maximum Gasteiger partial charge on any atom is 0.306 e. The molecule has 15 heavy (non-hydrogen) atoms. The molecule has 0 amide bonds. The Hall–Kier alpha value is -0.770. The highest BCUT2D eigenvalue weighted by Crippen LogP contribution is 2.08. The lowest BCUT2D eigenvalue weighted by molar-refractivity contribution is 0.423. The summed E-state index contributed by atoms with van der Waals surface area (Å²) in [5.41, 5.74) is 0. The van der Waals surface area contributed by atoms with Crippen LogP contribution in [-0.4, -0.2) is 14.7 Å². The van der Waals surface area contributed by atoms with Crippen LogP contribution in [0.25, 0.3) is 0 Å². The highest BCUT2D eigenvalue weighted by molar-refractivity contribution is 7.86. The van der Waals surface area contributed by atoms with E-state index in [0.717, 1.165) is 31.9 Å². The normalized spacial score (nSPS) is 13.4. The lowest BCUT2D eigenvalue weighted by atomic mass is 10.2. The van der Waals surface area contributed by atoms with Crippen molar-refractivity contribution in [1.82, 2.24) is 0 Å². The van der Waals surface area contributed by atoms with Crippen molar-refractivity contribution in [3.05, 3.63) is 24.0 Å². The first-order valence-corrected chi connectivity index (χ1v) is 7.03. The van der Waals surface area contributed by atoms with Gasteiger partial charge < -0.3 is 4.18 Å². The van der Waals surface area contributed by atoms with E-state index in [4.69, 9.17) is 4.18 Å². The molecule has 0 aromatic rings. The fourth-order valence-corrected chi connectivity index (χ4v) is 1.58. The van der Waals surface area contributed by atoms with Gasteiger partial charge in [-0.2, -0.15) is 8.42 Å². The van der Waals surface area contributed by atoms with Crippen molar-refractivity contribution < 1.29 is 12.6 Å². The Labute approximate surface area is 93.0 Å². The fraction of sp³-hybridized carbons (Fsp3) is 0.636. The second-order valence-corrected chi connectivity index (χ2v) is 4.96. The van der Waals surface area contributed by atoms with E-state index in [1.165, 1.54) is 0 Å². The summed E-state index contributed by atoms with van der Waals surface area (Å²) in [5, 5.41) is 0. The Bertz CT molecular complexity index is 313. The van der Waals surface area contributed by atoms with Gasteiger partial charge in [-0.15, -0.1) is 0 Å². The van der Waals surface area contributed by atoms with E-state index < -0.39 is 10.1 Å². The zero-order valence-corrected chi connectivity index (χ0v) is 10.5. The molecule has 0 saturated carbocycles. The third-order valence-electron chi connectivity index (χ3n) is 1.73. The van der Waals surface area contributed by atoms with Crippen molar-refractivity contribution in [1.29, 1.82) is 0 Å². The summed E-state index contributed by atoms with van der Waals surface area (Å²) >= 11 is 0. The van der Waals surface area contributed by atoms with E-state index in [2.05, 4.69) is 6.92 Å². The van der Waals surface area contributed by atoms with Crippen molar-refractivity contribution in [3.63, 3.8) is 0 Å². The van der Waals surface area contributed by atoms with Gasteiger partial charge >= 0.3 is 10.1 Å². The molecule has 0 fully saturated rings. The van der Waals surface area contributed by atoms with Crippen LogP contribution >= 0.6 is 0 Å². The molecule has 0 heterocycles. The first-order chi connectivity index (χ1) is 6.99. The highest BCUT2D eigenvalue weighted by Gasteiger charge is 2.03. The van der Waals surface area contributed by atoms with Gasteiger partial charge in [0.15, 0.2) is 0 Å². The molecule has 0 spiro atoms. The van der Waals surface area contributed by atoms with Crippen LogP contribution in [0, 0.1) is 0 Å². The molecular formula is C11H20O3S. The molecule has 3 nitrogen and oxygen atoms in total. The molecule has 0 bridgehead atoms. The van der Waals surface area contributed by atoms with E-state index in [-0.39, 0.29) is 0 Å². The van der Waals surface area contributed by atoms with Gasteiger partial charge in [-0.3, -0.25) is 0 Å². The minimum absolute atomic E-state index is 0.413. The van der Waals surface area contributed by atoms with Gasteiger partial charge in [0.2, 0.25) is 0 Å². The molecule has 0 saturated heterocycles. The van der Waals surface area contributed by atoms with Gasteiger partial charge in [0, 0.05) is 0 Å². The lowest BCUT2D eigenvalue weighted by Gasteiger charge is -2.03. The van der Waals surface area contributed by atoms with E-state index in [0.29, 0.717) is 5.76 Å². The zero-order valence-electron chi connectivity index (χ0n) is 9.69. The molecule has 88 valence electrons. The standard InChI is InChI=1S/C11H20O3S/c1-4-6-7-8-10-11(9-5-2)14-15(3,12)13/h5,9-10H,4,6-8H2,1-3H3/b9-5+,11-10-. The summed E-state index contributed by atoms with van der Waals surface area (Å²) < 4.78 is 26.6. The van der Waals surface area contributed by atoms with Crippen LogP contribution in [-0.2, 0) is 14.3 Å². The van der Waals surface area contributed by atoms with Crippen molar-refractivity contribution in [2.45, 2.75) is 39.5 Å². The average molecular weight is 232 g/mol. The molecule has 0 aromatic heterocycles. The molecule has 0 aliphatic rings. The van der Waals surface area contributed by atoms with E-state index in [9.17, 15) is 8.42 Å². The summed E-state index contributed by atoms with van der Waals surface area (Å²) in [7, 11) is -3.41. The van der Waals surface area contributed by atoms with Crippen LogP contribution in [0.3, 0.4) is 0 Å². The molecular weight excluding hydrogens is 212 g/mol. The SMILES string of the molecule is C/C=C/C(=C/CCCCC)OS(C)(=O)=O. The number of unbranched alkanes of at least 4 members (excludes halogenated alkanes) is 3. The third kappa shape index (κ3) is 9.53. The Morgan fingerprint density at radius 1 is 1.33 bits per heavy atom. The maximum atomic E-state index is 10.9. The van der Waals surface area contributed by atoms with Crippen LogP contribution in [0.15, 0.2) is 24.0 Å². The van der Waals surface area contributed by atoms with Crippen molar-refractivity contribution in [2.24, 2.45) is 0 Å². The average Bonchev–Trinajstić information content (AvgIpc) is 2.10. The predicted molar refractivity (Wildman–Crippen MR) is 63.0 cm³/mol. The number of allylic oxidation sites excluding steroid dienone is 3. The predicted octanol–water partition coefficient (Wildman–Crippen LogP) is 3.00. The van der Waals surface area contributed by atoms with Gasteiger partial charge in [0.1, 0.15) is 5.76 Å². The van der Waals surface area contributed by atoms with Crippen molar-refractivity contribution in [2.75, 3.05) is 6.26 Å². The number of hydrogen-bond donors (Lipinski definition) is 0.